The van der Waals surface area contributed by atoms with Crippen molar-refractivity contribution in [2.45, 2.75) is 19.4 Å². The average molecular weight is 323 g/mol. The van der Waals surface area contributed by atoms with Gasteiger partial charge in [0.1, 0.15) is 5.82 Å². The molecule has 1 N–H and O–H groups in total. The quantitative estimate of drug-likeness (QED) is 0.753. The van der Waals surface area contributed by atoms with Crippen LogP contribution in [0.25, 0.3) is 0 Å². The number of amides is 1. The lowest BCUT2D eigenvalue weighted by atomic mass is 10.1. The molecular formula is C19H18FN3O. The molecule has 0 unspecified atom stereocenters. The molecule has 0 saturated carbocycles. The van der Waals surface area contributed by atoms with Crippen LogP contribution in [0.4, 0.5) is 10.2 Å². The standard InChI is InChI=1S/C19H18FN3O/c20-17-9-6-16(7-10-17)14-23-13-12-18(22-23)21-19(24)11-8-15-4-2-1-3-5-15/h1-7,9-10,12-13H,8,11,14H2,(H,21,22,24). The first-order chi connectivity index (χ1) is 11.7. The van der Waals surface area contributed by atoms with Crippen molar-refractivity contribution in [2.75, 3.05) is 5.32 Å². The van der Waals surface area contributed by atoms with Gasteiger partial charge < -0.3 is 5.32 Å². The number of carbonyl (C=O) groups is 1. The normalized spacial score (nSPS) is 10.5. The first kappa shape index (κ1) is 15.9. The Balaban J connectivity index is 1.51. The largest absolute Gasteiger partial charge is 0.309 e. The van der Waals surface area contributed by atoms with E-state index in [-0.39, 0.29) is 11.7 Å². The summed E-state index contributed by atoms with van der Waals surface area (Å²) in [7, 11) is 0. The van der Waals surface area contributed by atoms with E-state index in [4.69, 9.17) is 0 Å². The maximum absolute atomic E-state index is 12.9. The van der Waals surface area contributed by atoms with Gasteiger partial charge in [-0.05, 0) is 29.7 Å². The van der Waals surface area contributed by atoms with Crippen LogP contribution in [0.1, 0.15) is 17.5 Å². The van der Waals surface area contributed by atoms with Gasteiger partial charge in [0.25, 0.3) is 0 Å². The lowest BCUT2D eigenvalue weighted by molar-refractivity contribution is -0.116. The molecule has 1 amide bonds. The molecule has 0 fully saturated rings. The van der Waals surface area contributed by atoms with Gasteiger partial charge in [0.15, 0.2) is 5.82 Å². The molecule has 0 spiro atoms. The number of aromatic nitrogens is 2. The monoisotopic (exact) mass is 323 g/mol. The average Bonchev–Trinajstić information content (AvgIpc) is 3.03. The number of hydrogen-bond acceptors (Lipinski definition) is 2. The summed E-state index contributed by atoms with van der Waals surface area (Å²) in [6.45, 7) is 0.528. The van der Waals surface area contributed by atoms with E-state index >= 15 is 0 Å². The molecule has 0 bridgehead atoms. The molecule has 3 rings (SSSR count). The van der Waals surface area contributed by atoms with Crippen LogP contribution in [-0.2, 0) is 17.8 Å². The van der Waals surface area contributed by atoms with Gasteiger partial charge in [0.05, 0.1) is 6.54 Å². The first-order valence-corrected chi connectivity index (χ1v) is 7.81. The Morgan fingerprint density at radius 1 is 1.00 bits per heavy atom. The van der Waals surface area contributed by atoms with Gasteiger partial charge in [-0.3, -0.25) is 9.48 Å². The zero-order valence-electron chi connectivity index (χ0n) is 13.2. The number of nitrogens with zero attached hydrogens (tertiary/aromatic N) is 2. The lowest BCUT2D eigenvalue weighted by Crippen LogP contribution is -2.13. The molecule has 0 aliphatic rings. The fourth-order valence-electron chi connectivity index (χ4n) is 2.40. The maximum Gasteiger partial charge on any atom is 0.225 e. The third-order valence-corrected chi connectivity index (χ3v) is 3.65. The van der Waals surface area contributed by atoms with Crippen molar-refractivity contribution in [3.05, 3.63) is 83.8 Å². The van der Waals surface area contributed by atoms with Crippen molar-refractivity contribution >= 4 is 11.7 Å². The number of nitrogens with one attached hydrogen (secondary N) is 1. The van der Waals surface area contributed by atoms with E-state index < -0.39 is 0 Å². The van der Waals surface area contributed by atoms with E-state index in [0.29, 0.717) is 25.2 Å². The van der Waals surface area contributed by atoms with Crippen LogP contribution in [0.5, 0.6) is 0 Å². The van der Waals surface area contributed by atoms with E-state index in [1.807, 2.05) is 30.3 Å². The first-order valence-electron chi connectivity index (χ1n) is 7.81. The second-order valence-corrected chi connectivity index (χ2v) is 5.56. The predicted octanol–water partition coefficient (Wildman–Crippen LogP) is 3.64. The molecule has 0 saturated heterocycles. The van der Waals surface area contributed by atoms with Crippen molar-refractivity contribution < 1.29 is 9.18 Å². The molecule has 0 aliphatic heterocycles. The number of benzene rings is 2. The second-order valence-electron chi connectivity index (χ2n) is 5.56. The molecule has 3 aromatic rings. The van der Waals surface area contributed by atoms with Crippen LogP contribution in [0, 0.1) is 5.82 Å². The van der Waals surface area contributed by atoms with E-state index in [1.54, 1.807) is 29.1 Å². The van der Waals surface area contributed by atoms with Gasteiger partial charge in [-0.2, -0.15) is 5.10 Å². The SMILES string of the molecule is O=C(CCc1ccccc1)Nc1ccn(Cc2ccc(F)cc2)n1. The smallest absolute Gasteiger partial charge is 0.225 e. The highest BCUT2D eigenvalue weighted by atomic mass is 19.1. The highest BCUT2D eigenvalue weighted by Crippen LogP contribution is 2.09. The van der Waals surface area contributed by atoms with Crippen molar-refractivity contribution in [1.82, 2.24) is 9.78 Å². The Kier molecular flexibility index (Phi) is 5.01. The topological polar surface area (TPSA) is 46.9 Å². The molecule has 0 aliphatic carbocycles. The third-order valence-electron chi connectivity index (χ3n) is 3.65. The summed E-state index contributed by atoms with van der Waals surface area (Å²) in [5.41, 5.74) is 2.08. The number of halogens is 1. The molecule has 122 valence electrons. The van der Waals surface area contributed by atoms with Crippen LogP contribution < -0.4 is 5.32 Å². The highest BCUT2D eigenvalue weighted by molar-refractivity contribution is 5.89. The molecule has 2 aromatic carbocycles. The Morgan fingerprint density at radius 2 is 1.75 bits per heavy atom. The van der Waals surface area contributed by atoms with Crippen molar-refractivity contribution in [2.24, 2.45) is 0 Å². The molecule has 0 atom stereocenters. The third kappa shape index (κ3) is 4.52. The van der Waals surface area contributed by atoms with Gasteiger partial charge in [0, 0.05) is 18.7 Å². The van der Waals surface area contributed by atoms with Crippen molar-refractivity contribution in [3.63, 3.8) is 0 Å². The summed E-state index contributed by atoms with van der Waals surface area (Å²) in [4.78, 5) is 12.0. The minimum Gasteiger partial charge on any atom is -0.309 e. The number of aryl methyl sites for hydroxylation is 1. The zero-order chi connectivity index (χ0) is 16.8. The lowest BCUT2D eigenvalue weighted by Gasteiger charge is -2.03. The maximum atomic E-state index is 12.9. The summed E-state index contributed by atoms with van der Waals surface area (Å²) in [5, 5.41) is 7.11. The fraction of sp³-hybridized carbons (Fsp3) is 0.158. The zero-order valence-corrected chi connectivity index (χ0v) is 13.2. The minimum atomic E-state index is -0.259. The Bertz CT molecular complexity index is 797. The minimum absolute atomic E-state index is 0.0640. The van der Waals surface area contributed by atoms with E-state index in [2.05, 4.69) is 10.4 Å². The molecule has 4 nitrogen and oxygen atoms in total. The summed E-state index contributed by atoms with van der Waals surface area (Å²) < 4.78 is 14.6. The molecule has 0 radical (unpaired) electrons. The van der Waals surface area contributed by atoms with Crippen molar-refractivity contribution in [3.8, 4) is 0 Å². The van der Waals surface area contributed by atoms with Crippen LogP contribution in [0.15, 0.2) is 66.9 Å². The summed E-state index contributed by atoms with van der Waals surface area (Å²) >= 11 is 0. The molecule has 24 heavy (non-hydrogen) atoms. The molecule has 1 aromatic heterocycles. The van der Waals surface area contributed by atoms with Gasteiger partial charge in [-0.25, -0.2) is 4.39 Å². The highest BCUT2D eigenvalue weighted by Gasteiger charge is 2.06. The summed E-state index contributed by atoms with van der Waals surface area (Å²) in [5.74, 6) is 0.201. The molecule has 5 heteroatoms. The van der Waals surface area contributed by atoms with Gasteiger partial charge in [0.2, 0.25) is 5.91 Å². The van der Waals surface area contributed by atoms with Crippen molar-refractivity contribution in [1.29, 1.82) is 0 Å². The summed E-state index contributed by atoms with van der Waals surface area (Å²) in [6.07, 6.45) is 2.90. The summed E-state index contributed by atoms with van der Waals surface area (Å²) in [6, 6.07) is 17.9. The van der Waals surface area contributed by atoms with E-state index in [1.165, 1.54) is 12.1 Å². The number of anilines is 1. The van der Waals surface area contributed by atoms with Gasteiger partial charge >= 0.3 is 0 Å². The Hall–Kier alpha value is -2.95. The van der Waals surface area contributed by atoms with E-state index in [9.17, 15) is 9.18 Å². The van der Waals surface area contributed by atoms with Crippen LogP contribution in [0.3, 0.4) is 0 Å². The number of rotatable bonds is 6. The van der Waals surface area contributed by atoms with Gasteiger partial charge in [-0.1, -0.05) is 42.5 Å². The Morgan fingerprint density at radius 3 is 2.50 bits per heavy atom. The van der Waals surface area contributed by atoms with Crippen LogP contribution in [-0.4, -0.2) is 15.7 Å². The predicted molar refractivity (Wildman–Crippen MR) is 91.1 cm³/mol. The Labute approximate surface area is 139 Å². The van der Waals surface area contributed by atoms with E-state index in [0.717, 1.165) is 11.1 Å². The molecule has 1 heterocycles. The van der Waals surface area contributed by atoms with Crippen LogP contribution >= 0.6 is 0 Å². The molecular weight excluding hydrogens is 305 g/mol. The van der Waals surface area contributed by atoms with Gasteiger partial charge in [-0.15, -0.1) is 0 Å². The number of carbonyl (C=O) groups excluding carboxylic acids is 1. The second kappa shape index (κ2) is 7.55. The fourth-order valence-corrected chi connectivity index (χ4v) is 2.40. The number of hydrogen-bond donors (Lipinski definition) is 1. The van der Waals surface area contributed by atoms with Crippen LogP contribution in [0.2, 0.25) is 0 Å².